The third-order valence-electron chi connectivity index (χ3n) is 4.09. The highest BCUT2D eigenvalue weighted by molar-refractivity contribution is 9.10. The number of hydrazine groups is 1. The van der Waals surface area contributed by atoms with Crippen LogP contribution in [0, 0.1) is 6.92 Å². The van der Waals surface area contributed by atoms with Crippen LogP contribution in [0.2, 0.25) is 0 Å². The van der Waals surface area contributed by atoms with E-state index in [9.17, 15) is 9.59 Å². The summed E-state index contributed by atoms with van der Waals surface area (Å²) >= 11 is 8.49. The van der Waals surface area contributed by atoms with Crippen LogP contribution < -0.4 is 20.9 Å². The summed E-state index contributed by atoms with van der Waals surface area (Å²) in [7, 11) is 0. The molecular formula is C21H24BrN3O3S. The SMILES string of the molecule is CCCCCOc1ccccc1C(=O)NC(=S)NNC(=O)c1ccc(C)c(Br)c1. The summed E-state index contributed by atoms with van der Waals surface area (Å²) in [4.78, 5) is 24.7. The number of amides is 2. The van der Waals surface area contributed by atoms with Gasteiger partial charge < -0.3 is 4.74 Å². The predicted octanol–water partition coefficient (Wildman–Crippen LogP) is 4.28. The molecule has 0 atom stereocenters. The van der Waals surface area contributed by atoms with E-state index in [0.717, 1.165) is 29.3 Å². The minimum Gasteiger partial charge on any atom is -0.493 e. The zero-order valence-electron chi connectivity index (χ0n) is 16.4. The van der Waals surface area contributed by atoms with Gasteiger partial charge in [0.05, 0.1) is 12.2 Å². The second-order valence-electron chi connectivity index (χ2n) is 6.38. The van der Waals surface area contributed by atoms with Crippen molar-refractivity contribution in [2.24, 2.45) is 0 Å². The van der Waals surface area contributed by atoms with E-state index in [1.165, 1.54) is 0 Å². The number of ether oxygens (including phenoxy) is 1. The second-order valence-corrected chi connectivity index (χ2v) is 7.64. The Morgan fingerprint density at radius 2 is 1.83 bits per heavy atom. The lowest BCUT2D eigenvalue weighted by Crippen LogP contribution is -2.48. The van der Waals surface area contributed by atoms with Crippen LogP contribution in [0.5, 0.6) is 5.75 Å². The monoisotopic (exact) mass is 477 g/mol. The number of carbonyl (C=O) groups excluding carboxylic acids is 2. The Morgan fingerprint density at radius 1 is 1.07 bits per heavy atom. The van der Waals surface area contributed by atoms with Crippen molar-refractivity contribution in [1.82, 2.24) is 16.2 Å². The summed E-state index contributed by atoms with van der Waals surface area (Å²) in [6.07, 6.45) is 3.09. The first-order valence-electron chi connectivity index (χ1n) is 9.32. The minimum atomic E-state index is -0.416. The lowest BCUT2D eigenvalue weighted by atomic mass is 10.1. The number of aryl methyl sites for hydroxylation is 1. The van der Waals surface area contributed by atoms with Gasteiger partial charge in [-0.25, -0.2) is 0 Å². The summed E-state index contributed by atoms with van der Waals surface area (Å²) in [6.45, 7) is 4.59. The molecule has 0 aromatic heterocycles. The van der Waals surface area contributed by atoms with Crippen molar-refractivity contribution in [3.05, 3.63) is 63.6 Å². The molecule has 2 aromatic carbocycles. The van der Waals surface area contributed by atoms with Crippen LogP contribution in [0.1, 0.15) is 52.5 Å². The smallest absolute Gasteiger partial charge is 0.269 e. The van der Waals surface area contributed by atoms with Crippen molar-refractivity contribution >= 4 is 45.1 Å². The van der Waals surface area contributed by atoms with Crippen LogP contribution in [-0.2, 0) is 0 Å². The molecule has 3 N–H and O–H groups in total. The summed E-state index contributed by atoms with van der Waals surface area (Å²) in [6, 6.07) is 12.2. The highest BCUT2D eigenvalue weighted by atomic mass is 79.9. The zero-order chi connectivity index (χ0) is 21.2. The molecule has 2 rings (SSSR count). The lowest BCUT2D eigenvalue weighted by Gasteiger charge is -2.13. The van der Waals surface area contributed by atoms with Crippen molar-refractivity contribution < 1.29 is 14.3 Å². The second kappa shape index (κ2) is 11.5. The summed E-state index contributed by atoms with van der Waals surface area (Å²) in [5.41, 5.74) is 6.86. The van der Waals surface area contributed by atoms with Crippen molar-refractivity contribution in [2.75, 3.05) is 6.61 Å². The lowest BCUT2D eigenvalue weighted by molar-refractivity contribution is 0.0933. The van der Waals surface area contributed by atoms with E-state index in [1.807, 2.05) is 19.1 Å². The Labute approximate surface area is 184 Å². The largest absolute Gasteiger partial charge is 0.493 e. The van der Waals surface area contributed by atoms with Crippen molar-refractivity contribution in [2.45, 2.75) is 33.1 Å². The van der Waals surface area contributed by atoms with E-state index in [1.54, 1.807) is 30.3 Å². The third-order valence-corrected chi connectivity index (χ3v) is 5.15. The van der Waals surface area contributed by atoms with Crippen molar-refractivity contribution in [3.63, 3.8) is 0 Å². The Hall–Kier alpha value is -2.45. The molecule has 2 aromatic rings. The Bertz CT molecular complexity index is 889. The Morgan fingerprint density at radius 3 is 2.55 bits per heavy atom. The standard InChI is InChI=1S/C21H24BrN3O3S/c1-3-4-7-12-28-18-9-6-5-8-16(18)20(27)23-21(29)25-24-19(26)15-11-10-14(2)17(22)13-15/h5-6,8-11,13H,3-4,7,12H2,1-2H3,(H,24,26)(H2,23,25,27,29). The molecule has 0 radical (unpaired) electrons. The third kappa shape index (κ3) is 7.14. The van der Waals surface area contributed by atoms with E-state index >= 15 is 0 Å². The molecule has 2 amide bonds. The number of para-hydroxylation sites is 1. The topological polar surface area (TPSA) is 79.5 Å². The van der Waals surface area contributed by atoms with Crippen LogP contribution in [-0.4, -0.2) is 23.5 Å². The Balaban J connectivity index is 1.89. The maximum Gasteiger partial charge on any atom is 0.269 e. The van der Waals surface area contributed by atoms with Crippen LogP contribution >= 0.6 is 28.1 Å². The zero-order valence-corrected chi connectivity index (χ0v) is 18.8. The molecule has 0 saturated carbocycles. The number of carbonyl (C=O) groups is 2. The van der Waals surface area contributed by atoms with E-state index in [4.69, 9.17) is 17.0 Å². The number of rotatable bonds is 7. The molecular weight excluding hydrogens is 454 g/mol. The highest BCUT2D eigenvalue weighted by Crippen LogP contribution is 2.19. The van der Waals surface area contributed by atoms with Crippen LogP contribution in [0.25, 0.3) is 0 Å². The molecule has 0 spiro atoms. The normalized spacial score (nSPS) is 10.2. The van der Waals surface area contributed by atoms with Crippen molar-refractivity contribution in [1.29, 1.82) is 0 Å². The average Bonchev–Trinajstić information content (AvgIpc) is 2.71. The van der Waals surface area contributed by atoms with Gasteiger partial charge >= 0.3 is 0 Å². The number of unbranched alkanes of at least 4 members (excludes halogenated alkanes) is 2. The number of halogens is 1. The molecule has 0 fully saturated rings. The van der Waals surface area contributed by atoms with Gasteiger partial charge in [0.15, 0.2) is 5.11 Å². The molecule has 154 valence electrons. The van der Waals surface area contributed by atoms with Gasteiger partial charge in [0.1, 0.15) is 5.75 Å². The first kappa shape index (κ1) is 22.8. The molecule has 0 heterocycles. The van der Waals surface area contributed by atoms with Gasteiger partial charge in [0.2, 0.25) is 0 Å². The van der Waals surface area contributed by atoms with Crippen LogP contribution in [0.15, 0.2) is 46.9 Å². The van der Waals surface area contributed by atoms with E-state index in [2.05, 4.69) is 39.0 Å². The summed E-state index contributed by atoms with van der Waals surface area (Å²) in [5.74, 6) is -0.291. The molecule has 0 unspecified atom stereocenters. The maximum atomic E-state index is 12.5. The fraction of sp³-hybridized carbons (Fsp3) is 0.286. The number of thiocarbonyl (C=S) groups is 1. The van der Waals surface area contributed by atoms with Gasteiger partial charge in [-0.05, 0) is 55.4 Å². The van der Waals surface area contributed by atoms with Gasteiger partial charge in [-0.3, -0.25) is 25.8 Å². The summed E-state index contributed by atoms with van der Waals surface area (Å²) in [5, 5.41) is 2.52. The molecule has 0 saturated heterocycles. The molecule has 0 bridgehead atoms. The summed E-state index contributed by atoms with van der Waals surface area (Å²) < 4.78 is 6.55. The highest BCUT2D eigenvalue weighted by Gasteiger charge is 2.14. The van der Waals surface area contributed by atoms with E-state index in [-0.39, 0.29) is 11.0 Å². The number of hydrogen-bond donors (Lipinski definition) is 3. The van der Waals surface area contributed by atoms with Gasteiger partial charge in [0.25, 0.3) is 11.8 Å². The molecule has 8 heteroatoms. The maximum absolute atomic E-state index is 12.5. The number of hydrogen-bond acceptors (Lipinski definition) is 4. The fourth-order valence-corrected chi connectivity index (χ4v) is 2.96. The molecule has 6 nitrogen and oxygen atoms in total. The quantitative estimate of drug-likeness (QED) is 0.315. The first-order valence-corrected chi connectivity index (χ1v) is 10.5. The van der Waals surface area contributed by atoms with E-state index < -0.39 is 5.91 Å². The molecule has 0 aliphatic carbocycles. The fourth-order valence-electron chi connectivity index (χ4n) is 2.44. The molecule has 0 aliphatic heterocycles. The van der Waals surface area contributed by atoms with Crippen molar-refractivity contribution in [3.8, 4) is 5.75 Å². The first-order chi connectivity index (χ1) is 13.9. The van der Waals surface area contributed by atoms with Crippen LogP contribution in [0.3, 0.4) is 0 Å². The Kier molecular flexibility index (Phi) is 9.08. The minimum absolute atomic E-state index is 0.0182. The predicted molar refractivity (Wildman–Crippen MR) is 121 cm³/mol. The van der Waals surface area contributed by atoms with Crippen LogP contribution in [0.4, 0.5) is 0 Å². The van der Waals surface area contributed by atoms with Gasteiger partial charge in [-0.2, -0.15) is 0 Å². The van der Waals surface area contributed by atoms with E-state index in [0.29, 0.717) is 23.5 Å². The number of benzene rings is 2. The molecule has 29 heavy (non-hydrogen) atoms. The van der Waals surface area contributed by atoms with Gasteiger partial charge in [0, 0.05) is 10.0 Å². The van der Waals surface area contributed by atoms with Gasteiger partial charge in [-0.15, -0.1) is 0 Å². The molecule has 0 aliphatic rings. The number of nitrogens with one attached hydrogen (secondary N) is 3. The average molecular weight is 478 g/mol. The van der Waals surface area contributed by atoms with Gasteiger partial charge in [-0.1, -0.05) is 53.9 Å².